The van der Waals surface area contributed by atoms with Crippen LogP contribution in [-0.2, 0) is 9.53 Å². The summed E-state index contributed by atoms with van der Waals surface area (Å²) in [6.07, 6.45) is 2.11. The lowest BCUT2D eigenvalue weighted by Crippen LogP contribution is -2.33. The lowest BCUT2D eigenvalue weighted by Gasteiger charge is -2.12. The maximum Gasteiger partial charge on any atom is 0.221 e. The highest BCUT2D eigenvalue weighted by atomic mass is 16.5. The van der Waals surface area contributed by atoms with Gasteiger partial charge in [0.2, 0.25) is 5.91 Å². The first-order valence-corrected chi connectivity index (χ1v) is 6.73. The SMILES string of the molecule is CNC(=O)CCNCC(O)COCCCC(C)C. The summed E-state index contributed by atoms with van der Waals surface area (Å²) in [5, 5.41) is 15.2. The predicted molar refractivity (Wildman–Crippen MR) is 72.5 cm³/mol. The van der Waals surface area contributed by atoms with E-state index in [1.807, 2.05) is 0 Å². The summed E-state index contributed by atoms with van der Waals surface area (Å²) in [6, 6.07) is 0. The first kappa shape index (κ1) is 17.4. The first-order valence-electron chi connectivity index (χ1n) is 6.73. The molecule has 1 atom stereocenters. The first-order chi connectivity index (χ1) is 8.56. The molecule has 0 aliphatic heterocycles. The molecule has 0 spiro atoms. The second-order valence-electron chi connectivity index (χ2n) is 4.89. The lowest BCUT2D eigenvalue weighted by atomic mass is 10.1. The monoisotopic (exact) mass is 260 g/mol. The molecule has 18 heavy (non-hydrogen) atoms. The molecule has 0 fully saturated rings. The van der Waals surface area contributed by atoms with Gasteiger partial charge < -0.3 is 20.5 Å². The highest BCUT2D eigenvalue weighted by Gasteiger charge is 2.04. The lowest BCUT2D eigenvalue weighted by molar-refractivity contribution is -0.120. The Morgan fingerprint density at radius 3 is 2.72 bits per heavy atom. The molecule has 0 heterocycles. The Bertz CT molecular complexity index is 210. The van der Waals surface area contributed by atoms with Crippen molar-refractivity contribution < 1.29 is 14.6 Å². The molecule has 108 valence electrons. The molecule has 5 nitrogen and oxygen atoms in total. The van der Waals surface area contributed by atoms with Gasteiger partial charge in [0.1, 0.15) is 0 Å². The maximum atomic E-state index is 10.9. The normalized spacial score (nSPS) is 12.7. The Morgan fingerprint density at radius 1 is 1.39 bits per heavy atom. The minimum atomic E-state index is -0.506. The molecule has 1 amide bonds. The van der Waals surface area contributed by atoms with Crippen LogP contribution in [0, 0.1) is 5.92 Å². The van der Waals surface area contributed by atoms with Gasteiger partial charge in [0.05, 0.1) is 12.7 Å². The van der Waals surface area contributed by atoms with Gasteiger partial charge in [0.25, 0.3) is 0 Å². The van der Waals surface area contributed by atoms with Gasteiger partial charge in [-0.05, 0) is 18.8 Å². The van der Waals surface area contributed by atoms with E-state index in [1.54, 1.807) is 7.05 Å². The number of hydrogen-bond donors (Lipinski definition) is 3. The van der Waals surface area contributed by atoms with Crippen LogP contribution >= 0.6 is 0 Å². The van der Waals surface area contributed by atoms with Gasteiger partial charge in [0, 0.05) is 33.2 Å². The van der Waals surface area contributed by atoms with Gasteiger partial charge in [-0.2, -0.15) is 0 Å². The molecule has 0 aliphatic rings. The van der Waals surface area contributed by atoms with Crippen molar-refractivity contribution in [1.82, 2.24) is 10.6 Å². The van der Waals surface area contributed by atoms with Gasteiger partial charge in [-0.1, -0.05) is 13.8 Å². The molecule has 0 aliphatic carbocycles. The third-order valence-corrected chi connectivity index (χ3v) is 2.57. The number of carbonyl (C=O) groups excluding carboxylic acids is 1. The van der Waals surface area contributed by atoms with E-state index < -0.39 is 6.10 Å². The van der Waals surface area contributed by atoms with Gasteiger partial charge in [-0.3, -0.25) is 4.79 Å². The highest BCUT2D eigenvalue weighted by Crippen LogP contribution is 2.03. The highest BCUT2D eigenvalue weighted by molar-refractivity contribution is 5.75. The van der Waals surface area contributed by atoms with Gasteiger partial charge in [-0.15, -0.1) is 0 Å². The van der Waals surface area contributed by atoms with Crippen LogP contribution in [0.1, 0.15) is 33.1 Å². The van der Waals surface area contributed by atoms with Crippen LogP contribution in [0.15, 0.2) is 0 Å². The molecule has 0 bridgehead atoms. The molecule has 0 radical (unpaired) electrons. The maximum absolute atomic E-state index is 10.9. The molecule has 0 rings (SSSR count). The zero-order valence-electron chi connectivity index (χ0n) is 11.9. The Kier molecular flexibility index (Phi) is 11.0. The van der Waals surface area contributed by atoms with Crippen molar-refractivity contribution in [3.63, 3.8) is 0 Å². The topological polar surface area (TPSA) is 70.6 Å². The third-order valence-electron chi connectivity index (χ3n) is 2.57. The van der Waals surface area contributed by atoms with Crippen molar-refractivity contribution in [3.05, 3.63) is 0 Å². The summed E-state index contributed by atoms with van der Waals surface area (Å²) < 4.78 is 5.38. The average molecular weight is 260 g/mol. The number of amides is 1. The number of aliphatic hydroxyl groups is 1. The zero-order valence-corrected chi connectivity index (χ0v) is 11.9. The van der Waals surface area contributed by atoms with E-state index in [9.17, 15) is 9.90 Å². The molecular formula is C13H28N2O3. The molecule has 0 aromatic heterocycles. The Labute approximate surface area is 110 Å². The van der Waals surface area contributed by atoms with Crippen molar-refractivity contribution in [1.29, 1.82) is 0 Å². The van der Waals surface area contributed by atoms with Crippen molar-refractivity contribution >= 4 is 5.91 Å². The number of nitrogens with one attached hydrogen (secondary N) is 2. The van der Waals surface area contributed by atoms with Crippen molar-refractivity contribution in [2.75, 3.05) is 33.4 Å². The summed E-state index contributed by atoms with van der Waals surface area (Å²) in [6.45, 7) is 6.46. The fraction of sp³-hybridized carbons (Fsp3) is 0.923. The molecule has 0 aromatic carbocycles. The van der Waals surface area contributed by atoms with Crippen LogP contribution in [-0.4, -0.2) is 50.5 Å². The number of aliphatic hydroxyl groups excluding tert-OH is 1. The summed E-state index contributed by atoms with van der Waals surface area (Å²) in [5.74, 6) is 0.701. The average Bonchev–Trinajstić information content (AvgIpc) is 2.33. The largest absolute Gasteiger partial charge is 0.389 e. The Morgan fingerprint density at radius 2 is 2.11 bits per heavy atom. The number of carbonyl (C=O) groups is 1. The zero-order chi connectivity index (χ0) is 13.8. The van der Waals surface area contributed by atoms with Gasteiger partial charge in [-0.25, -0.2) is 0 Å². The molecular weight excluding hydrogens is 232 g/mol. The van der Waals surface area contributed by atoms with E-state index in [4.69, 9.17) is 4.74 Å². The van der Waals surface area contributed by atoms with Crippen LogP contribution in [0.2, 0.25) is 0 Å². The van der Waals surface area contributed by atoms with Crippen LogP contribution in [0.4, 0.5) is 0 Å². The van der Waals surface area contributed by atoms with Gasteiger partial charge >= 0.3 is 0 Å². The number of hydrogen-bond acceptors (Lipinski definition) is 4. The van der Waals surface area contributed by atoms with E-state index in [0.717, 1.165) is 12.8 Å². The van der Waals surface area contributed by atoms with Crippen LogP contribution in [0.25, 0.3) is 0 Å². The smallest absolute Gasteiger partial charge is 0.221 e. The van der Waals surface area contributed by atoms with Crippen LogP contribution in [0.3, 0.4) is 0 Å². The molecule has 0 saturated heterocycles. The quantitative estimate of drug-likeness (QED) is 0.474. The van der Waals surface area contributed by atoms with E-state index in [1.165, 1.54) is 0 Å². The minimum absolute atomic E-state index is 0.00178. The Balaban J connectivity index is 3.27. The van der Waals surface area contributed by atoms with E-state index in [2.05, 4.69) is 24.5 Å². The molecule has 1 unspecified atom stereocenters. The summed E-state index contributed by atoms with van der Waals surface area (Å²) in [4.78, 5) is 10.9. The van der Waals surface area contributed by atoms with Crippen LogP contribution < -0.4 is 10.6 Å². The number of ether oxygens (including phenoxy) is 1. The second kappa shape index (κ2) is 11.4. The van der Waals surface area contributed by atoms with E-state index >= 15 is 0 Å². The second-order valence-corrected chi connectivity index (χ2v) is 4.89. The fourth-order valence-corrected chi connectivity index (χ4v) is 1.47. The predicted octanol–water partition coefficient (Wildman–Crippen LogP) is 0.526. The van der Waals surface area contributed by atoms with Crippen LogP contribution in [0.5, 0.6) is 0 Å². The minimum Gasteiger partial charge on any atom is -0.389 e. The van der Waals surface area contributed by atoms with Gasteiger partial charge in [0.15, 0.2) is 0 Å². The molecule has 5 heteroatoms. The summed E-state index contributed by atoms with van der Waals surface area (Å²) in [7, 11) is 1.61. The molecule has 3 N–H and O–H groups in total. The Hall–Kier alpha value is -0.650. The summed E-state index contributed by atoms with van der Waals surface area (Å²) in [5.41, 5.74) is 0. The summed E-state index contributed by atoms with van der Waals surface area (Å²) >= 11 is 0. The third kappa shape index (κ3) is 11.8. The number of rotatable bonds is 11. The fourth-order valence-electron chi connectivity index (χ4n) is 1.47. The van der Waals surface area contributed by atoms with Crippen molar-refractivity contribution in [3.8, 4) is 0 Å². The molecule has 0 saturated carbocycles. The van der Waals surface area contributed by atoms with E-state index in [-0.39, 0.29) is 5.91 Å². The van der Waals surface area contributed by atoms with Crippen molar-refractivity contribution in [2.45, 2.75) is 39.2 Å². The van der Waals surface area contributed by atoms with Crippen molar-refractivity contribution in [2.24, 2.45) is 5.92 Å². The standard InChI is InChI=1S/C13H28N2O3/c1-11(2)5-4-8-18-10-12(16)9-15-7-6-13(17)14-3/h11-12,15-16H,4-10H2,1-3H3,(H,14,17). The molecule has 0 aromatic rings. The van der Waals surface area contributed by atoms with E-state index in [0.29, 0.717) is 38.6 Å².